The first kappa shape index (κ1) is 19.0. The Morgan fingerprint density at radius 3 is 1.85 bits per heavy atom. The Labute approximate surface area is 122 Å². The lowest BCUT2D eigenvalue weighted by Crippen LogP contribution is -2.57. The predicted molar refractivity (Wildman–Crippen MR) is 68.8 cm³/mol. The minimum absolute atomic E-state index is 0.134. The number of nitrogens with one attached hydrogen (secondary N) is 2. The zero-order valence-electron chi connectivity index (χ0n) is 10.4. The first-order chi connectivity index (χ1) is 8.87. The molecular formula is C8H12F6N4S2. The molecule has 0 aromatic carbocycles. The van der Waals surface area contributed by atoms with Crippen molar-refractivity contribution in [3.8, 4) is 0 Å². The summed E-state index contributed by atoms with van der Waals surface area (Å²) in [6, 6.07) is 0. The number of alkyl halides is 6. The van der Waals surface area contributed by atoms with Gasteiger partial charge in [0.05, 0.1) is 0 Å². The second-order valence-electron chi connectivity index (χ2n) is 3.53. The van der Waals surface area contributed by atoms with E-state index in [-0.39, 0.29) is 5.11 Å². The Hall–Kier alpha value is -1.04. The summed E-state index contributed by atoms with van der Waals surface area (Å²) < 4.78 is 73.4. The van der Waals surface area contributed by atoms with Gasteiger partial charge in [-0.2, -0.15) is 26.3 Å². The lowest BCUT2D eigenvalue weighted by molar-refractivity contribution is -0.152. The van der Waals surface area contributed by atoms with Crippen LogP contribution in [0.3, 0.4) is 0 Å². The highest BCUT2D eigenvalue weighted by atomic mass is 32.1. The Bertz CT molecular complexity index is 356. The van der Waals surface area contributed by atoms with Gasteiger partial charge in [-0.3, -0.25) is 5.01 Å². The van der Waals surface area contributed by atoms with Crippen molar-refractivity contribution in [3.63, 3.8) is 0 Å². The molecule has 0 aliphatic rings. The molecule has 0 rings (SSSR count). The van der Waals surface area contributed by atoms with Crippen molar-refractivity contribution in [1.82, 2.24) is 20.7 Å². The molecule has 20 heavy (non-hydrogen) atoms. The highest BCUT2D eigenvalue weighted by molar-refractivity contribution is 7.80. The highest BCUT2D eigenvalue weighted by Gasteiger charge is 2.35. The Morgan fingerprint density at radius 1 is 1.00 bits per heavy atom. The molecular weight excluding hydrogens is 330 g/mol. The molecule has 4 nitrogen and oxygen atoms in total. The van der Waals surface area contributed by atoms with Crippen molar-refractivity contribution in [1.29, 1.82) is 0 Å². The van der Waals surface area contributed by atoms with Crippen molar-refractivity contribution in [2.45, 2.75) is 12.4 Å². The highest BCUT2D eigenvalue weighted by Crippen LogP contribution is 2.18. The van der Waals surface area contributed by atoms with Gasteiger partial charge in [-0.05, 0) is 24.4 Å². The SMILES string of the molecule is CNC(=S)N(C)N(CC(F)(F)F)C(=S)NCC(F)(F)F. The van der Waals surface area contributed by atoms with Crippen LogP contribution in [-0.2, 0) is 0 Å². The van der Waals surface area contributed by atoms with Crippen molar-refractivity contribution in [2.75, 3.05) is 27.2 Å². The molecule has 0 aliphatic heterocycles. The Balaban J connectivity index is 4.93. The Kier molecular flexibility index (Phi) is 6.74. The largest absolute Gasteiger partial charge is 0.408 e. The summed E-state index contributed by atoms with van der Waals surface area (Å²) in [4.78, 5) is 0. The lowest BCUT2D eigenvalue weighted by Gasteiger charge is -2.35. The molecule has 0 aromatic heterocycles. The van der Waals surface area contributed by atoms with Gasteiger partial charge >= 0.3 is 12.4 Å². The molecule has 12 heteroatoms. The summed E-state index contributed by atoms with van der Waals surface area (Å²) in [5.41, 5.74) is 0. The number of hydrogen-bond donors (Lipinski definition) is 2. The van der Waals surface area contributed by atoms with Crippen LogP contribution in [0.4, 0.5) is 26.3 Å². The van der Waals surface area contributed by atoms with E-state index in [1.807, 2.05) is 0 Å². The molecule has 0 heterocycles. The Morgan fingerprint density at radius 2 is 1.50 bits per heavy atom. The molecule has 0 fully saturated rings. The van der Waals surface area contributed by atoms with Crippen LogP contribution in [0.2, 0.25) is 0 Å². The first-order valence-electron chi connectivity index (χ1n) is 5.01. The maximum absolute atomic E-state index is 12.4. The van der Waals surface area contributed by atoms with Gasteiger partial charge in [-0.1, -0.05) is 0 Å². The number of thiocarbonyl (C=S) groups is 2. The molecule has 118 valence electrons. The van der Waals surface area contributed by atoms with E-state index in [0.717, 1.165) is 12.1 Å². The number of hydrogen-bond acceptors (Lipinski definition) is 2. The predicted octanol–water partition coefficient (Wildman–Crippen LogP) is 1.64. The molecule has 0 unspecified atom stereocenters. The third-order valence-electron chi connectivity index (χ3n) is 1.87. The summed E-state index contributed by atoms with van der Waals surface area (Å²) in [6.45, 7) is -3.12. The molecule has 2 N–H and O–H groups in total. The normalized spacial score (nSPS) is 11.8. The minimum atomic E-state index is -4.67. The molecule has 0 aliphatic carbocycles. The van der Waals surface area contributed by atoms with Crippen molar-refractivity contribution < 1.29 is 26.3 Å². The van der Waals surface area contributed by atoms with Gasteiger partial charge in [-0.15, -0.1) is 0 Å². The number of halogens is 6. The van der Waals surface area contributed by atoms with E-state index in [0.29, 0.717) is 5.01 Å². The van der Waals surface area contributed by atoms with Gasteiger partial charge < -0.3 is 10.6 Å². The monoisotopic (exact) mass is 342 g/mol. The molecule has 0 spiro atoms. The van der Waals surface area contributed by atoms with Crippen molar-refractivity contribution in [2.24, 2.45) is 0 Å². The van der Waals surface area contributed by atoms with Gasteiger partial charge in [0.15, 0.2) is 10.2 Å². The second kappa shape index (κ2) is 7.11. The van der Waals surface area contributed by atoms with Gasteiger partial charge in [0.1, 0.15) is 13.1 Å². The standard InChI is InChI=1S/C8H12F6N4S2/c1-15-5(19)17(2)18(4-8(12,13)14)6(20)16-3-7(9,10)11/h3-4H2,1-2H3,(H,15,19)(H,16,20). The van der Waals surface area contributed by atoms with Crippen LogP contribution in [0.5, 0.6) is 0 Å². The van der Waals surface area contributed by atoms with Gasteiger partial charge in [0.2, 0.25) is 0 Å². The average molecular weight is 342 g/mol. The fourth-order valence-electron chi connectivity index (χ4n) is 1.02. The molecule has 0 bridgehead atoms. The van der Waals surface area contributed by atoms with E-state index in [1.165, 1.54) is 7.05 Å². The minimum Gasteiger partial charge on any atom is -0.364 e. The molecule has 0 aromatic rings. The maximum atomic E-state index is 12.4. The topological polar surface area (TPSA) is 30.5 Å². The first-order valence-corrected chi connectivity index (χ1v) is 5.83. The number of nitrogens with zero attached hydrogens (tertiary/aromatic N) is 2. The summed E-state index contributed by atoms with van der Waals surface area (Å²) >= 11 is 9.26. The van der Waals surface area contributed by atoms with E-state index < -0.39 is 30.6 Å². The van der Waals surface area contributed by atoms with Crippen molar-refractivity contribution >= 4 is 34.7 Å². The van der Waals surface area contributed by atoms with Gasteiger partial charge in [0, 0.05) is 14.1 Å². The summed E-state index contributed by atoms with van der Waals surface area (Å²) in [5.74, 6) is 0. The van der Waals surface area contributed by atoms with Crippen LogP contribution in [0.1, 0.15) is 0 Å². The fraction of sp³-hybridized carbons (Fsp3) is 0.750. The lowest BCUT2D eigenvalue weighted by atomic mass is 10.5. The van der Waals surface area contributed by atoms with Crippen LogP contribution >= 0.6 is 24.4 Å². The third-order valence-corrected chi connectivity index (χ3v) is 2.70. The van der Waals surface area contributed by atoms with E-state index >= 15 is 0 Å². The third kappa shape index (κ3) is 7.53. The fourth-order valence-corrected chi connectivity index (χ4v) is 1.38. The number of rotatable bonds is 2. The van der Waals surface area contributed by atoms with Crippen LogP contribution in [0.25, 0.3) is 0 Å². The van der Waals surface area contributed by atoms with Crippen molar-refractivity contribution in [3.05, 3.63) is 0 Å². The zero-order chi connectivity index (χ0) is 16.1. The molecule has 0 amide bonds. The molecule has 0 atom stereocenters. The summed E-state index contributed by atoms with van der Waals surface area (Å²) in [7, 11) is 2.50. The van der Waals surface area contributed by atoms with Crippen LogP contribution in [0.15, 0.2) is 0 Å². The van der Waals surface area contributed by atoms with E-state index in [1.54, 1.807) is 5.32 Å². The average Bonchev–Trinajstić information content (AvgIpc) is 2.29. The summed E-state index contributed by atoms with van der Waals surface area (Å²) in [6.07, 6.45) is -9.27. The zero-order valence-corrected chi connectivity index (χ0v) is 12.0. The van der Waals surface area contributed by atoms with E-state index in [2.05, 4.69) is 17.5 Å². The van der Waals surface area contributed by atoms with E-state index in [9.17, 15) is 26.3 Å². The van der Waals surface area contributed by atoms with Crippen LogP contribution < -0.4 is 10.6 Å². The molecule has 0 radical (unpaired) electrons. The molecule has 0 saturated heterocycles. The quantitative estimate of drug-likeness (QED) is 0.451. The van der Waals surface area contributed by atoms with Gasteiger partial charge in [0.25, 0.3) is 0 Å². The molecule has 0 saturated carbocycles. The maximum Gasteiger partial charge on any atom is 0.408 e. The van der Waals surface area contributed by atoms with Crippen LogP contribution in [0, 0.1) is 0 Å². The summed E-state index contributed by atoms with van der Waals surface area (Å²) in [5, 5.41) is 4.42. The van der Waals surface area contributed by atoms with Gasteiger partial charge in [-0.25, -0.2) is 5.01 Å². The second-order valence-corrected chi connectivity index (χ2v) is 4.30. The van der Waals surface area contributed by atoms with E-state index in [4.69, 9.17) is 12.2 Å². The smallest absolute Gasteiger partial charge is 0.364 e. The van der Waals surface area contributed by atoms with Crippen LogP contribution in [-0.4, -0.2) is 59.8 Å². The number of hydrazine groups is 1.